The number of rotatable bonds is 4. The van der Waals surface area contributed by atoms with E-state index in [9.17, 15) is 2.74 Å². The van der Waals surface area contributed by atoms with Gasteiger partial charge in [0.2, 0.25) is 5.90 Å². The number of hydrogen-bond donors (Lipinski definition) is 0. The van der Waals surface area contributed by atoms with Crippen LogP contribution < -0.4 is 0 Å². The summed E-state index contributed by atoms with van der Waals surface area (Å²) in [5.74, 6) is 0.465. The van der Waals surface area contributed by atoms with E-state index in [1.54, 1.807) is 0 Å². The van der Waals surface area contributed by atoms with Gasteiger partial charge in [0.1, 0.15) is 5.54 Å². The minimum Gasteiger partial charge on any atom is -0.463 e. The fourth-order valence-corrected chi connectivity index (χ4v) is 10.4. The monoisotopic (exact) mass is 779 g/mol. The van der Waals surface area contributed by atoms with E-state index in [2.05, 4.69) is 173 Å². The zero-order chi connectivity index (χ0) is 43.9. The summed E-state index contributed by atoms with van der Waals surface area (Å²) in [7, 11) is 0. The lowest BCUT2D eigenvalue weighted by Crippen LogP contribution is -2.52. The number of ether oxygens (including phenoxy) is 1. The van der Waals surface area contributed by atoms with Crippen LogP contribution in [0.1, 0.15) is 112 Å². The van der Waals surface area contributed by atoms with E-state index in [4.69, 9.17) is 14.7 Å². The number of aromatic nitrogens is 2. The molecule has 0 N–H and O–H groups in total. The smallest absolute Gasteiger partial charge is 0.217 e. The summed E-state index contributed by atoms with van der Waals surface area (Å²) in [6.45, 7) is 30.2. The van der Waals surface area contributed by atoms with Crippen LogP contribution in [-0.2, 0) is 22.1 Å². The van der Waals surface area contributed by atoms with Crippen LogP contribution in [0.2, 0.25) is 0 Å². The first-order valence-corrected chi connectivity index (χ1v) is 21.1. The molecule has 7 aromatic rings. The zero-order valence-corrected chi connectivity index (χ0v) is 37.4. The standard InChI is InChI=1S/C55H59N3O/c1-31-15-16-48-44(21-31)45-23-35(5)43(47-28-41(17-18-56-47)52(8,9)10)29-49(45)58(48)42-26-38(50-36(6)19-32(2)20-37(50)7)25-39(27-42)51-57-54(14)30-40-22-33(3)34(4)24-46(40)55(54,59-51)53(11,12)13/h15-29H,30H2,1-14H3/t54-,55-/m1/s1/i30D2. The first-order valence-electron chi connectivity index (χ1n) is 22.1. The first kappa shape index (κ1) is 36.6. The molecule has 0 radical (unpaired) electrons. The van der Waals surface area contributed by atoms with E-state index in [0.29, 0.717) is 11.5 Å². The Kier molecular flexibility index (Phi) is 8.07. The fraction of sp³-hybridized carbons (Fsp3) is 0.345. The van der Waals surface area contributed by atoms with Crippen molar-refractivity contribution in [2.45, 2.75) is 120 Å². The molecule has 0 saturated heterocycles. The molecule has 0 spiro atoms. The van der Waals surface area contributed by atoms with Gasteiger partial charge in [-0.2, -0.15) is 0 Å². The molecule has 0 saturated carbocycles. The highest BCUT2D eigenvalue weighted by atomic mass is 16.5. The van der Waals surface area contributed by atoms with Crippen molar-refractivity contribution in [3.8, 4) is 28.1 Å². The van der Waals surface area contributed by atoms with E-state index in [1.165, 1.54) is 49.7 Å². The van der Waals surface area contributed by atoms with Crippen LogP contribution in [0.5, 0.6) is 0 Å². The van der Waals surface area contributed by atoms with Crippen LogP contribution in [0.3, 0.4) is 0 Å². The van der Waals surface area contributed by atoms with Crippen molar-refractivity contribution in [2.75, 3.05) is 0 Å². The number of aryl methyl sites for hydroxylation is 7. The molecule has 5 aromatic carbocycles. The van der Waals surface area contributed by atoms with Gasteiger partial charge in [-0.1, -0.05) is 83.0 Å². The summed E-state index contributed by atoms with van der Waals surface area (Å²) in [4.78, 5) is 10.4. The van der Waals surface area contributed by atoms with Crippen molar-refractivity contribution in [3.63, 3.8) is 0 Å². The third kappa shape index (κ3) is 5.92. The van der Waals surface area contributed by atoms with Crippen LogP contribution in [0.15, 0.2) is 96.1 Å². The molecule has 0 unspecified atom stereocenters. The molecule has 0 bridgehead atoms. The van der Waals surface area contributed by atoms with Gasteiger partial charge in [0.15, 0.2) is 5.60 Å². The summed E-state index contributed by atoms with van der Waals surface area (Å²) in [5.41, 5.74) is 16.4. The fourth-order valence-electron chi connectivity index (χ4n) is 10.4. The largest absolute Gasteiger partial charge is 0.463 e. The number of nitrogens with zero attached hydrogens (tertiary/aromatic N) is 3. The topological polar surface area (TPSA) is 39.4 Å². The number of aliphatic imine (C=N–C) groups is 1. The summed E-state index contributed by atoms with van der Waals surface area (Å²) in [6.07, 6.45) is 0.143. The molecule has 1 aliphatic carbocycles. The van der Waals surface area contributed by atoms with Gasteiger partial charge in [-0.05, 0) is 165 Å². The predicted molar refractivity (Wildman–Crippen MR) is 249 cm³/mol. The van der Waals surface area contributed by atoms with Crippen LogP contribution in [-0.4, -0.2) is 21.0 Å². The maximum absolute atomic E-state index is 9.85. The van der Waals surface area contributed by atoms with Crippen molar-refractivity contribution < 1.29 is 7.48 Å². The molecule has 0 fully saturated rings. The van der Waals surface area contributed by atoms with E-state index in [0.717, 1.165) is 55.8 Å². The molecule has 2 aromatic heterocycles. The summed E-state index contributed by atoms with van der Waals surface area (Å²) in [6, 6.07) is 31.2. The van der Waals surface area contributed by atoms with Crippen LogP contribution >= 0.6 is 0 Å². The SMILES string of the molecule is [2H]C1([2H])c2cc(C)c(C)cc2[C@]2(C(C)(C)C)OC(c3cc(-c4c(C)cc(C)cc4C)cc(-n4c5ccc(C)cc5c5cc(C)c(-c6cc(C(C)(C)C)ccn6)cc54)c3)=N[C@]12C. The molecule has 300 valence electrons. The molecule has 2 atom stereocenters. The van der Waals surface area contributed by atoms with Crippen molar-refractivity contribution in [3.05, 3.63) is 152 Å². The van der Waals surface area contributed by atoms with Gasteiger partial charge in [0.25, 0.3) is 0 Å². The van der Waals surface area contributed by atoms with E-state index >= 15 is 0 Å². The Morgan fingerprint density at radius 3 is 2.03 bits per heavy atom. The molecular formula is C55H59N3O. The molecule has 59 heavy (non-hydrogen) atoms. The van der Waals surface area contributed by atoms with Crippen molar-refractivity contribution in [1.29, 1.82) is 0 Å². The molecule has 4 heteroatoms. The maximum atomic E-state index is 9.85. The predicted octanol–water partition coefficient (Wildman–Crippen LogP) is 14.0. The second kappa shape index (κ2) is 13.0. The molecule has 0 amide bonds. The average Bonchev–Trinajstić information content (AvgIpc) is 3.71. The minimum absolute atomic E-state index is 0.0171. The number of benzene rings is 5. The second-order valence-electron chi connectivity index (χ2n) is 19.9. The van der Waals surface area contributed by atoms with Gasteiger partial charge in [-0.15, -0.1) is 0 Å². The van der Waals surface area contributed by atoms with Crippen molar-refractivity contribution in [1.82, 2.24) is 9.55 Å². The Labute approximate surface area is 354 Å². The van der Waals surface area contributed by atoms with Gasteiger partial charge < -0.3 is 9.30 Å². The minimum atomic E-state index is -1.79. The van der Waals surface area contributed by atoms with E-state index < -0.39 is 22.9 Å². The average molecular weight is 780 g/mol. The Bertz CT molecular complexity index is 3020. The maximum Gasteiger partial charge on any atom is 0.217 e. The van der Waals surface area contributed by atoms with Crippen molar-refractivity contribution >= 4 is 27.7 Å². The van der Waals surface area contributed by atoms with Gasteiger partial charge in [0.05, 0.1) is 16.7 Å². The van der Waals surface area contributed by atoms with E-state index in [1.807, 2.05) is 19.2 Å². The Balaban J connectivity index is 1.35. The lowest BCUT2D eigenvalue weighted by atomic mass is 9.65. The highest BCUT2D eigenvalue weighted by molar-refractivity contribution is 6.11. The van der Waals surface area contributed by atoms with Crippen LogP contribution in [0.25, 0.3) is 49.9 Å². The van der Waals surface area contributed by atoms with E-state index in [-0.39, 0.29) is 5.41 Å². The van der Waals surface area contributed by atoms with Crippen LogP contribution in [0.4, 0.5) is 0 Å². The normalized spacial score (nSPS) is 20.3. The Morgan fingerprint density at radius 2 is 1.34 bits per heavy atom. The molecule has 4 nitrogen and oxygen atoms in total. The third-order valence-corrected chi connectivity index (χ3v) is 13.3. The lowest BCUT2D eigenvalue weighted by Gasteiger charge is -2.46. The molecular weight excluding hydrogens is 719 g/mol. The number of pyridine rings is 1. The molecule has 9 rings (SSSR count). The summed E-state index contributed by atoms with van der Waals surface area (Å²) in [5, 5.41) is 2.37. The lowest BCUT2D eigenvalue weighted by molar-refractivity contribution is -0.0723. The highest BCUT2D eigenvalue weighted by Crippen LogP contribution is 2.61. The third-order valence-electron chi connectivity index (χ3n) is 13.3. The van der Waals surface area contributed by atoms with Gasteiger partial charge in [-0.25, -0.2) is 4.99 Å². The van der Waals surface area contributed by atoms with Crippen LogP contribution in [0, 0.1) is 53.9 Å². The Hall–Kier alpha value is -5.48. The summed E-state index contributed by atoms with van der Waals surface area (Å²) < 4.78 is 29.5. The number of fused-ring (bicyclic) bond motifs is 6. The molecule has 2 aliphatic rings. The first-order chi connectivity index (χ1) is 28.5. The number of hydrogen-bond acceptors (Lipinski definition) is 3. The Morgan fingerprint density at radius 1 is 0.661 bits per heavy atom. The molecule has 3 heterocycles. The summed E-state index contributed by atoms with van der Waals surface area (Å²) >= 11 is 0. The van der Waals surface area contributed by atoms with Gasteiger partial charge in [0, 0.05) is 53.9 Å². The van der Waals surface area contributed by atoms with Crippen molar-refractivity contribution in [2.24, 2.45) is 10.4 Å². The highest BCUT2D eigenvalue weighted by Gasteiger charge is 2.67. The zero-order valence-electron chi connectivity index (χ0n) is 39.4. The van der Waals surface area contributed by atoms with Gasteiger partial charge in [-0.3, -0.25) is 4.98 Å². The molecule has 1 aliphatic heterocycles. The van der Waals surface area contributed by atoms with Gasteiger partial charge >= 0.3 is 0 Å². The quantitative estimate of drug-likeness (QED) is 0.178. The second-order valence-corrected chi connectivity index (χ2v) is 19.9.